The molecule has 0 aromatic heterocycles. The predicted octanol–water partition coefficient (Wildman–Crippen LogP) is 3.70. The number of rotatable bonds is 7. The van der Waals surface area contributed by atoms with Gasteiger partial charge >= 0.3 is 5.97 Å². The van der Waals surface area contributed by atoms with Crippen molar-refractivity contribution in [1.29, 1.82) is 0 Å². The van der Waals surface area contributed by atoms with Crippen molar-refractivity contribution in [3.63, 3.8) is 0 Å². The topological polar surface area (TPSA) is 99.1 Å². The molecule has 2 aromatic carbocycles. The molecule has 7 heteroatoms. The van der Waals surface area contributed by atoms with Crippen molar-refractivity contribution in [3.05, 3.63) is 81.8 Å². The average molecular weight is 422 g/mol. The number of allylic oxidation sites excluding steroid dienone is 2. The molecule has 0 unspecified atom stereocenters. The monoisotopic (exact) mass is 422 g/mol. The Morgan fingerprint density at radius 3 is 2.10 bits per heavy atom. The zero-order valence-electron chi connectivity index (χ0n) is 17.6. The zero-order chi connectivity index (χ0) is 22.7. The van der Waals surface area contributed by atoms with Crippen LogP contribution in [0.3, 0.4) is 0 Å². The van der Waals surface area contributed by atoms with Gasteiger partial charge in [-0.05, 0) is 31.0 Å². The van der Waals surface area contributed by atoms with Crippen molar-refractivity contribution < 1.29 is 33.7 Å². The summed E-state index contributed by atoms with van der Waals surface area (Å²) < 4.78 is 16.2. The van der Waals surface area contributed by atoms with Gasteiger partial charge in [0, 0.05) is 16.7 Å². The third kappa shape index (κ3) is 3.94. The first kappa shape index (κ1) is 21.8. The number of ether oxygens (including phenoxy) is 3. The number of benzene rings is 2. The molecule has 31 heavy (non-hydrogen) atoms. The number of hydrogen-bond acceptors (Lipinski definition) is 6. The Labute approximate surface area is 179 Å². The van der Waals surface area contributed by atoms with Crippen molar-refractivity contribution in [1.82, 2.24) is 0 Å². The molecule has 0 aliphatic heterocycles. The highest BCUT2D eigenvalue weighted by atomic mass is 16.5. The van der Waals surface area contributed by atoms with Crippen LogP contribution in [-0.4, -0.2) is 36.9 Å². The fourth-order valence-electron chi connectivity index (χ4n) is 3.49. The van der Waals surface area contributed by atoms with Gasteiger partial charge in [-0.2, -0.15) is 0 Å². The third-order valence-corrected chi connectivity index (χ3v) is 5.04. The number of methoxy groups -OCH3 is 2. The Bertz CT molecular complexity index is 1120. The minimum atomic E-state index is -1.21. The summed E-state index contributed by atoms with van der Waals surface area (Å²) in [7, 11) is 2.55. The number of Topliss-reactive ketones (excluding diaryl/α,β-unsaturated/α-hetero) is 2. The second kappa shape index (κ2) is 8.87. The van der Waals surface area contributed by atoms with E-state index in [-0.39, 0.29) is 46.1 Å². The van der Waals surface area contributed by atoms with Crippen LogP contribution in [0.15, 0.2) is 59.6 Å². The van der Waals surface area contributed by atoms with Crippen LogP contribution < -0.4 is 4.74 Å². The lowest BCUT2D eigenvalue weighted by atomic mass is 9.85. The molecule has 1 aliphatic rings. The standard InChI is InChI=1S/C24H22O7/c1-13-10-11-16(24(27)28)21(31-12-15-8-6-5-7-9-15)17(13)18-14(2)19(25)22(29-3)23(30-4)20(18)26/h5-11H,12H2,1-4H3,(H,27,28). The molecule has 0 fully saturated rings. The maximum absolute atomic E-state index is 13.3. The van der Waals surface area contributed by atoms with E-state index in [0.717, 1.165) is 5.56 Å². The van der Waals surface area contributed by atoms with Crippen molar-refractivity contribution >= 4 is 23.1 Å². The number of carbonyl (C=O) groups excluding carboxylic acids is 2. The fourth-order valence-corrected chi connectivity index (χ4v) is 3.49. The van der Waals surface area contributed by atoms with Crippen LogP contribution in [-0.2, 0) is 25.7 Å². The molecule has 0 radical (unpaired) electrons. The number of carbonyl (C=O) groups is 3. The van der Waals surface area contributed by atoms with Crippen LogP contribution in [0.1, 0.15) is 34.0 Å². The number of carboxylic acid groups (broad SMARTS) is 1. The summed E-state index contributed by atoms with van der Waals surface area (Å²) in [5, 5.41) is 9.74. The van der Waals surface area contributed by atoms with Gasteiger partial charge in [-0.15, -0.1) is 0 Å². The van der Waals surface area contributed by atoms with Crippen molar-refractivity contribution in [2.75, 3.05) is 14.2 Å². The second-order valence-electron chi connectivity index (χ2n) is 6.94. The van der Waals surface area contributed by atoms with E-state index in [9.17, 15) is 19.5 Å². The Balaban J connectivity index is 2.21. The van der Waals surface area contributed by atoms with Gasteiger partial charge < -0.3 is 19.3 Å². The molecule has 7 nitrogen and oxygen atoms in total. The summed E-state index contributed by atoms with van der Waals surface area (Å²) in [6.07, 6.45) is 0. The van der Waals surface area contributed by atoms with E-state index in [1.807, 2.05) is 30.3 Å². The van der Waals surface area contributed by atoms with Gasteiger partial charge in [0.15, 0.2) is 0 Å². The Kier molecular flexibility index (Phi) is 6.25. The smallest absolute Gasteiger partial charge is 0.339 e. The molecule has 0 spiro atoms. The van der Waals surface area contributed by atoms with Crippen LogP contribution in [0.5, 0.6) is 5.75 Å². The number of hydrogen-bond donors (Lipinski definition) is 1. The normalized spacial score (nSPS) is 14.1. The highest BCUT2D eigenvalue weighted by Crippen LogP contribution is 2.40. The molecule has 1 N–H and O–H groups in total. The molecule has 0 atom stereocenters. The average Bonchev–Trinajstić information content (AvgIpc) is 2.76. The predicted molar refractivity (Wildman–Crippen MR) is 113 cm³/mol. The highest BCUT2D eigenvalue weighted by molar-refractivity contribution is 6.39. The molecule has 1 aliphatic carbocycles. The van der Waals surface area contributed by atoms with E-state index in [2.05, 4.69) is 0 Å². The lowest BCUT2D eigenvalue weighted by Gasteiger charge is -2.24. The summed E-state index contributed by atoms with van der Waals surface area (Å²) in [6.45, 7) is 3.30. The van der Waals surface area contributed by atoms with Gasteiger partial charge in [0.25, 0.3) is 0 Å². The number of ketones is 2. The van der Waals surface area contributed by atoms with Crippen molar-refractivity contribution in [2.24, 2.45) is 0 Å². The largest absolute Gasteiger partial charge is 0.489 e. The van der Waals surface area contributed by atoms with E-state index in [0.29, 0.717) is 5.56 Å². The summed E-state index contributed by atoms with van der Waals surface area (Å²) in [5.74, 6) is -2.70. The second-order valence-corrected chi connectivity index (χ2v) is 6.94. The highest BCUT2D eigenvalue weighted by Gasteiger charge is 2.38. The van der Waals surface area contributed by atoms with E-state index in [1.165, 1.54) is 27.2 Å². The van der Waals surface area contributed by atoms with E-state index < -0.39 is 17.5 Å². The van der Waals surface area contributed by atoms with Crippen LogP contribution in [0, 0.1) is 6.92 Å². The van der Waals surface area contributed by atoms with Crippen LogP contribution in [0.2, 0.25) is 0 Å². The van der Waals surface area contributed by atoms with Crippen LogP contribution >= 0.6 is 0 Å². The molecule has 0 saturated heterocycles. The summed E-state index contributed by atoms with van der Waals surface area (Å²) in [5.41, 5.74) is 1.69. The lowest BCUT2D eigenvalue weighted by molar-refractivity contribution is -0.119. The van der Waals surface area contributed by atoms with Gasteiger partial charge in [-0.3, -0.25) is 9.59 Å². The van der Waals surface area contributed by atoms with Gasteiger partial charge in [0.05, 0.1) is 14.2 Å². The van der Waals surface area contributed by atoms with Crippen LogP contribution in [0.4, 0.5) is 0 Å². The maximum atomic E-state index is 13.3. The van der Waals surface area contributed by atoms with E-state index in [4.69, 9.17) is 14.2 Å². The third-order valence-electron chi connectivity index (χ3n) is 5.04. The maximum Gasteiger partial charge on any atom is 0.339 e. The molecule has 0 saturated carbocycles. The molecular formula is C24H22O7. The van der Waals surface area contributed by atoms with Crippen molar-refractivity contribution in [3.8, 4) is 5.75 Å². The summed E-state index contributed by atoms with van der Waals surface area (Å²) >= 11 is 0. The van der Waals surface area contributed by atoms with Gasteiger partial charge in [-0.1, -0.05) is 36.4 Å². The first-order valence-corrected chi connectivity index (χ1v) is 9.48. The Hall–Kier alpha value is -3.87. The molecule has 2 aromatic rings. The van der Waals surface area contributed by atoms with Crippen molar-refractivity contribution in [2.45, 2.75) is 20.5 Å². The summed E-state index contributed by atoms with van der Waals surface area (Å²) in [6, 6.07) is 12.2. The van der Waals surface area contributed by atoms with Gasteiger partial charge in [0.2, 0.25) is 23.1 Å². The molecule has 0 amide bonds. The van der Waals surface area contributed by atoms with Crippen LogP contribution in [0.25, 0.3) is 5.57 Å². The van der Waals surface area contributed by atoms with E-state index >= 15 is 0 Å². The molecule has 160 valence electrons. The number of aryl methyl sites for hydroxylation is 1. The molecular weight excluding hydrogens is 400 g/mol. The lowest BCUT2D eigenvalue weighted by Crippen LogP contribution is -2.25. The van der Waals surface area contributed by atoms with E-state index in [1.54, 1.807) is 13.0 Å². The SMILES string of the molecule is COC1=C(OC)C(=O)C(c2c(C)ccc(C(=O)O)c2OCc2ccccc2)=C(C)C1=O. The number of aromatic carboxylic acids is 1. The number of carboxylic acids is 1. The Morgan fingerprint density at radius 1 is 0.903 bits per heavy atom. The molecule has 0 heterocycles. The first-order chi connectivity index (χ1) is 14.8. The van der Waals surface area contributed by atoms with Gasteiger partial charge in [-0.25, -0.2) is 4.79 Å². The molecule has 0 bridgehead atoms. The minimum absolute atomic E-state index is 0.0168. The Morgan fingerprint density at radius 2 is 1.52 bits per heavy atom. The minimum Gasteiger partial charge on any atom is -0.489 e. The fraction of sp³-hybridized carbons (Fsp3) is 0.208. The molecule has 3 rings (SSSR count). The van der Waals surface area contributed by atoms with Gasteiger partial charge in [0.1, 0.15) is 17.9 Å². The quantitative estimate of drug-likeness (QED) is 0.679. The summed E-state index contributed by atoms with van der Waals surface area (Å²) in [4.78, 5) is 38.0. The zero-order valence-corrected chi connectivity index (χ0v) is 17.6. The first-order valence-electron chi connectivity index (χ1n) is 9.48.